The van der Waals surface area contributed by atoms with Gasteiger partial charge in [0.05, 0.1) is 22.2 Å². The molecule has 0 radical (unpaired) electrons. The first-order valence-electron chi connectivity index (χ1n) is 12.8. The highest BCUT2D eigenvalue weighted by Crippen LogP contribution is 2.49. The van der Waals surface area contributed by atoms with Gasteiger partial charge in [0.2, 0.25) is 0 Å². The second-order valence-corrected chi connectivity index (χ2v) is 10.6. The van der Waals surface area contributed by atoms with Crippen LogP contribution in [0.5, 0.6) is 0 Å². The lowest BCUT2D eigenvalue weighted by atomic mass is 9.98. The monoisotopic (exact) mass is 502 g/mol. The number of thiophene rings is 1. The summed E-state index contributed by atoms with van der Waals surface area (Å²) >= 11 is 1.90. The van der Waals surface area contributed by atoms with Gasteiger partial charge in [-0.3, -0.25) is 4.98 Å². The van der Waals surface area contributed by atoms with Crippen molar-refractivity contribution in [1.29, 1.82) is 0 Å². The molecule has 3 heterocycles. The maximum atomic E-state index is 4.63. The number of hydrogen-bond acceptors (Lipinski definition) is 2. The van der Waals surface area contributed by atoms with Gasteiger partial charge in [-0.05, 0) is 47.5 Å². The Morgan fingerprint density at radius 1 is 0.526 bits per heavy atom. The van der Waals surface area contributed by atoms with E-state index >= 15 is 0 Å². The summed E-state index contributed by atoms with van der Waals surface area (Å²) in [7, 11) is 0. The Balaban J connectivity index is 1.54. The summed E-state index contributed by atoms with van der Waals surface area (Å²) in [5.41, 5.74) is 8.41. The number of fused-ring (bicyclic) bond motifs is 6. The Morgan fingerprint density at radius 2 is 1.26 bits per heavy atom. The van der Waals surface area contributed by atoms with Gasteiger partial charge in [0.25, 0.3) is 0 Å². The van der Waals surface area contributed by atoms with Crippen LogP contribution in [0, 0.1) is 0 Å². The van der Waals surface area contributed by atoms with E-state index in [0.717, 1.165) is 16.6 Å². The first-order chi connectivity index (χ1) is 18.9. The Hall–Kier alpha value is -4.73. The van der Waals surface area contributed by atoms with Crippen LogP contribution in [0.4, 0.5) is 0 Å². The van der Waals surface area contributed by atoms with Crippen LogP contribution in [-0.4, -0.2) is 9.55 Å². The lowest BCUT2D eigenvalue weighted by molar-refractivity contribution is 1.19. The van der Waals surface area contributed by atoms with Crippen molar-refractivity contribution in [2.45, 2.75) is 0 Å². The van der Waals surface area contributed by atoms with Gasteiger partial charge in [-0.15, -0.1) is 11.3 Å². The average Bonchev–Trinajstić information content (AvgIpc) is 3.54. The first-order valence-corrected chi connectivity index (χ1v) is 13.6. The fraction of sp³-hybridized carbons (Fsp3) is 0. The van der Waals surface area contributed by atoms with Crippen molar-refractivity contribution >= 4 is 54.1 Å². The van der Waals surface area contributed by atoms with Crippen molar-refractivity contribution in [3.05, 3.63) is 134 Å². The number of pyridine rings is 1. The third-order valence-corrected chi connectivity index (χ3v) is 8.73. The molecule has 0 aliphatic rings. The van der Waals surface area contributed by atoms with Gasteiger partial charge in [0.15, 0.2) is 0 Å². The molecule has 0 amide bonds. The van der Waals surface area contributed by atoms with Crippen LogP contribution in [0.1, 0.15) is 0 Å². The summed E-state index contributed by atoms with van der Waals surface area (Å²) in [6.07, 6.45) is 1.86. The number of benzene rings is 5. The molecule has 0 spiro atoms. The summed E-state index contributed by atoms with van der Waals surface area (Å²) in [5.74, 6) is 0. The van der Waals surface area contributed by atoms with Gasteiger partial charge >= 0.3 is 0 Å². The maximum Gasteiger partial charge on any atom is 0.0723 e. The van der Waals surface area contributed by atoms with E-state index in [0.29, 0.717) is 0 Å². The second kappa shape index (κ2) is 8.41. The molecule has 3 aromatic heterocycles. The molecule has 178 valence electrons. The fourth-order valence-electron chi connectivity index (χ4n) is 5.83. The minimum absolute atomic E-state index is 1.01. The Bertz CT molecular complexity index is 2110. The van der Waals surface area contributed by atoms with E-state index in [-0.39, 0.29) is 0 Å². The number of hydrogen-bond donors (Lipinski definition) is 0. The predicted octanol–water partition coefficient (Wildman–Crippen LogP) is 9.88. The van der Waals surface area contributed by atoms with Gasteiger partial charge in [-0.2, -0.15) is 0 Å². The molecule has 0 aliphatic carbocycles. The second-order valence-electron chi connectivity index (χ2n) is 9.57. The van der Waals surface area contributed by atoms with Crippen LogP contribution in [0.2, 0.25) is 0 Å². The number of aromatic nitrogens is 2. The zero-order chi connectivity index (χ0) is 25.1. The molecular formula is C35H22N2S. The zero-order valence-electron chi connectivity index (χ0n) is 20.5. The van der Waals surface area contributed by atoms with Gasteiger partial charge in [-0.1, -0.05) is 91.0 Å². The third kappa shape index (κ3) is 3.09. The highest BCUT2D eigenvalue weighted by Gasteiger charge is 2.21. The maximum absolute atomic E-state index is 4.63. The van der Waals surface area contributed by atoms with Crippen molar-refractivity contribution in [3.63, 3.8) is 0 Å². The largest absolute Gasteiger partial charge is 0.309 e. The van der Waals surface area contributed by atoms with Crippen LogP contribution in [0.3, 0.4) is 0 Å². The molecule has 0 atom stereocenters. The molecule has 0 bridgehead atoms. The molecule has 38 heavy (non-hydrogen) atoms. The minimum atomic E-state index is 1.01. The normalized spacial score (nSPS) is 11.7. The Labute approximate surface area is 224 Å². The number of rotatable bonds is 3. The van der Waals surface area contributed by atoms with Gasteiger partial charge in [0, 0.05) is 42.9 Å². The van der Waals surface area contributed by atoms with Crippen LogP contribution >= 0.6 is 11.3 Å². The lowest BCUT2D eigenvalue weighted by Crippen LogP contribution is -1.95. The molecule has 0 unspecified atom stereocenters. The smallest absolute Gasteiger partial charge is 0.0723 e. The van der Waals surface area contributed by atoms with Crippen LogP contribution in [0.25, 0.3) is 70.0 Å². The fourth-order valence-corrected chi connectivity index (χ4v) is 7.22. The lowest BCUT2D eigenvalue weighted by Gasteiger charge is -2.11. The van der Waals surface area contributed by atoms with Gasteiger partial charge < -0.3 is 4.57 Å². The molecule has 0 saturated carbocycles. The number of para-hydroxylation sites is 1. The predicted molar refractivity (Wildman–Crippen MR) is 162 cm³/mol. The molecule has 3 heteroatoms. The molecule has 0 N–H and O–H groups in total. The summed E-state index contributed by atoms with van der Waals surface area (Å²) in [5, 5.41) is 5.03. The quantitative estimate of drug-likeness (QED) is 0.235. The Kier molecular flexibility index (Phi) is 4.73. The molecule has 0 fully saturated rings. The summed E-state index contributed by atoms with van der Waals surface area (Å²) in [4.78, 5) is 5.94. The summed E-state index contributed by atoms with van der Waals surface area (Å²) in [6, 6.07) is 45.6. The highest BCUT2D eigenvalue weighted by molar-refractivity contribution is 7.24. The summed E-state index contributed by atoms with van der Waals surface area (Å²) < 4.78 is 3.74. The molecule has 2 nitrogen and oxygen atoms in total. The number of nitrogens with zero attached hydrogens (tertiary/aromatic N) is 2. The average molecular weight is 503 g/mol. The van der Waals surface area contributed by atoms with E-state index in [4.69, 9.17) is 0 Å². The molecule has 5 aromatic carbocycles. The topological polar surface area (TPSA) is 17.8 Å². The van der Waals surface area contributed by atoms with Gasteiger partial charge in [-0.25, -0.2) is 0 Å². The van der Waals surface area contributed by atoms with Crippen molar-refractivity contribution in [3.8, 4) is 27.3 Å². The van der Waals surface area contributed by atoms with Gasteiger partial charge in [0.1, 0.15) is 0 Å². The van der Waals surface area contributed by atoms with E-state index in [2.05, 4.69) is 131 Å². The molecule has 8 rings (SSSR count). The standard InChI is InChI=1S/C35H22N2S/c1-3-11-23(12-4-1)32-27-20-21-31-33(35(27)38-34(32)24-13-5-2-6-14-24)26-15-7-8-18-30(26)37(31)29-19-9-17-28-25(29)16-10-22-36-28/h1-22H. The van der Waals surface area contributed by atoms with Crippen LogP contribution in [0.15, 0.2) is 134 Å². The van der Waals surface area contributed by atoms with Crippen LogP contribution < -0.4 is 0 Å². The van der Waals surface area contributed by atoms with E-state index in [1.165, 1.54) is 53.5 Å². The first kappa shape index (κ1) is 21.4. The molecular weight excluding hydrogens is 480 g/mol. The van der Waals surface area contributed by atoms with E-state index in [9.17, 15) is 0 Å². The third-order valence-electron chi connectivity index (χ3n) is 7.45. The minimum Gasteiger partial charge on any atom is -0.309 e. The summed E-state index contributed by atoms with van der Waals surface area (Å²) in [6.45, 7) is 0. The van der Waals surface area contributed by atoms with Crippen molar-refractivity contribution in [2.24, 2.45) is 0 Å². The van der Waals surface area contributed by atoms with E-state index in [1.54, 1.807) is 0 Å². The van der Waals surface area contributed by atoms with Crippen molar-refractivity contribution in [1.82, 2.24) is 9.55 Å². The Morgan fingerprint density at radius 3 is 2.11 bits per heavy atom. The zero-order valence-corrected chi connectivity index (χ0v) is 21.3. The van der Waals surface area contributed by atoms with Crippen LogP contribution in [-0.2, 0) is 0 Å². The molecule has 8 aromatic rings. The SMILES string of the molecule is c1ccc(-c2sc3c(ccc4c3c3ccccc3n4-c3cccc4ncccc34)c2-c2ccccc2)cc1. The van der Waals surface area contributed by atoms with Crippen molar-refractivity contribution < 1.29 is 0 Å². The molecule has 0 aliphatic heterocycles. The van der Waals surface area contributed by atoms with E-state index in [1.807, 2.05) is 23.6 Å². The van der Waals surface area contributed by atoms with E-state index < -0.39 is 0 Å². The van der Waals surface area contributed by atoms with Crippen molar-refractivity contribution in [2.75, 3.05) is 0 Å². The molecule has 0 saturated heterocycles. The highest BCUT2D eigenvalue weighted by atomic mass is 32.1.